The summed E-state index contributed by atoms with van der Waals surface area (Å²) >= 11 is 0. The third-order valence-electron chi connectivity index (χ3n) is 5.49. The Kier molecular flexibility index (Phi) is 8.71. The fraction of sp³-hybridized carbons (Fsp3) is 0.231. The predicted octanol–water partition coefficient (Wildman–Crippen LogP) is 2.19. The number of hydrogen-bond acceptors (Lipinski definition) is 10. The summed E-state index contributed by atoms with van der Waals surface area (Å²) in [7, 11) is 0. The standard InChI is InChI=1S/C24H24N8O4.C2H4O2/c1-2-35-18-11-15(10-16-12-34-13-36-20(16)18)19(29-17-6-4-14(5-7-17)21(25)26)22-30-24(33)32(31-22)23-27-8-3-9-28-23;1-2(3)4/h3-11,19,29H,2,12-13H2,1H3,(H3,25,26)(H,30,31,33);1H3,(H,3,4)/t19-;/m0./s1. The molecule has 0 saturated carbocycles. The van der Waals surface area contributed by atoms with E-state index in [2.05, 4.69) is 25.4 Å². The van der Waals surface area contributed by atoms with Crippen LogP contribution >= 0.6 is 0 Å². The van der Waals surface area contributed by atoms with E-state index in [1.807, 2.05) is 19.1 Å². The summed E-state index contributed by atoms with van der Waals surface area (Å²) < 4.78 is 18.1. The lowest BCUT2D eigenvalue weighted by atomic mass is 10.0. The molecular weight excluding hydrogens is 520 g/mol. The summed E-state index contributed by atoms with van der Waals surface area (Å²) in [4.78, 5) is 32.9. The van der Waals surface area contributed by atoms with E-state index in [0.717, 1.165) is 28.4 Å². The lowest BCUT2D eigenvalue weighted by Gasteiger charge is -2.24. The second kappa shape index (κ2) is 12.5. The molecule has 14 heteroatoms. The van der Waals surface area contributed by atoms with E-state index in [-0.39, 0.29) is 18.6 Å². The number of anilines is 1. The lowest BCUT2D eigenvalue weighted by Crippen LogP contribution is -2.18. The maximum Gasteiger partial charge on any atom is 0.350 e. The maximum atomic E-state index is 12.8. The van der Waals surface area contributed by atoms with Crippen LogP contribution < -0.4 is 26.2 Å². The van der Waals surface area contributed by atoms with Crippen LogP contribution in [0.4, 0.5) is 5.69 Å². The molecule has 1 aliphatic rings. The van der Waals surface area contributed by atoms with E-state index >= 15 is 0 Å². The van der Waals surface area contributed by atoms with E-state index in [9.17, 15) is 4.79 Å². The number of nitrogens with two attached hydrogens (primary N) is 1. The highest BCUT2D eigenvalue weighted by atomic mass is 16.7. The Morgan fingerprint density at radius 3 is 2.62 bits per heavy atom. The van der Waals surface area contributed by atoms with Gasteiger partial charge >= 0.3 is 5.69 Å². The van der Waals surface area contributed by atoms with Gasteiger partial charge < -0.3 is 30.4 Å². The molecule has 0 saturated heterocycles. The number of aromatic amines is 1. The van der Waals surface area contributed by atoms with Gasteiger partial charge in [-0.25, -0.2) is 14.8 Å². The maximum absolute atomic E-state index is 12.8. The largest absolute Gasteiger partial charge is 0.490 e. The number of fused-ring (bicyclic) bond motifs is 1. The average Bonchev–Trinajstić information content (AvgIpc) is 3.33. The van der Waals surface area contributed by atoms with Crippen LogP contribution in [0, 0.1) is 5.41 Å². The van der Waals surface area contributed by atoms with Crippen molar-refractivity contribution in [1.82, 2.24) is 24.7 Å². The predicted molar refractivity (Wildman–Crippen MR) is 144 cm³/mol. The number of carboxylic acid groups (broad SMARTS) is 1. The van der Waals surface area contributed by atoms with E-state index in [0.29, 0.717) is 36.1 Å². The molecule has 5 rings (SSSR count). The summed E-state index contributed by atoms with van der Waals surface area (Å²) in [5, 5.41) is 22.9. The second-order valence-electron chi connectivity index (χ2n) is 8.41. The first-order chi connectivity index (χ1) is 19.3. The topological polar surface area (TPSA) is 203 Å². The number of nitrogens with one attached hydrogen (secondary N) is 3. The summed E-state index contributed by atoms with van der Waals surface area (Å²) in [6, 6.07) is 11.9. The van der Waals surface area contributed by atoms with Gasteiger partial charge in [0.25, 0.3) is 11.9 Å². The van der Waals surface area contributed by atoms with Crippen molar-refractivity contribution < 1.29 is 24.1 Å². The van der Waals surface area contributed by atoms with Gasteiger partial charge in [-0.05, 0) is 55.0 Å². The molecule has 6 N–H and O–H groups in total. The van der Waals surface area contributed by atoms with Crippen molar-refractivity contribution >= 4 is 17.5 Å². The van der Waals surface area contributed by atoms with E-state index in [1.54, 1.807) is 30.3 Å². The zero-order valence-electron chi connectivity index (χ0n) is 21.7. The molecule has 0 spiro atoms. The molecule has 1 aliphatic heterocycles. The number of benzene rings is 2. The Hall–Kier alpha value is -5.24. The molecule has 4 aromatic rings. The van der Waals surface area contributed by atoms with Gasteiger partial charge in [0.05, 0.1) is 13.2 Å². The highest BCUT2D eigenvalue weighted by Gasteiger charge is 2.26. The van der Waals surface area contributed by atoms with Gasteiger partial charge in [-0.1, -0.05) is 0 Å². The van der Waals surface area contributed by atoms with Crippen molar-refractivity contribution in [2.45, 2.75) is 26.5 Å². The SMILES string of the molecule is CC(=O)O.CCOc1cc([C@H](Nc2ccc(C(=N)N)cc2)c2nn(-c3ncccn3)c(=O)[nH]2)cc2c1OCOC2. The van der Waals surface area contributed by atoms with Crippen molar-refractivity contribution in [3.8, 4) is 17.4 Å². The van der Waals surface area contributed by atoms with E-state index < -0.39 is 17.7 Å². The third-order valence-corrected chi connectivity index (χ3v) is 5.49. The minimum absolute atomic E-state index is 0.0277. The summed E-state index contributed by atoms with van der Waals surface area (Å²) in [5.41, 5.74) is 8.00. The molecule has 0 fully saturated rings. The van der Waals surface area contributed by atoms with Crippen molar-refractivity contribution in [2.24, 2.45) is 5.73 Å². The number of aliphatic carboxylic acids is 1. The van der Waals surface area contributed by atoms with Gasteiger partial charge in [-0.3, -0.25) is 15.2 Å². The molecule has 208 valence electrons. The molecular formula is C26H28N8O6. The molecule has 2 aromatic carbocycles. The number of H-pyrrole nitrogens is 1. The monoisotopic (exact) mass is 548 g/mol. The number of hydrogen-bond donors (Lipinski definition) is 5. The molecule has 1 atom stereocenters. The van der Waals surface area contributed by atoms with E-state index in [1.165, 1.54) is 12.4 Å². The number of amidine groups is 1. The van der Waals surface area contributed by atoms with Gasteiger partial charge in [-0.2, -0.15) is 0 Å². The average molecular weight is 549 g/mol. The highest BCUT2D eigenvalue weighted by Crippen LogP contribution is 2.39. The zero-order chi connectivity index (χ0) is 28.6. The number of nitrogen functional groups attached to an aromatic ring is 1. The molecule has 0 aliphatic carbocycles. The van der Waals surface area contributed by atoms with Crippen LogP contribution in [0.1, 0.15) is 42.4 Å². The number of carboxylic acids is 1. The van der Waals surface area contributed by atoms with Crippen LogP contribution in [0.3, 0.4) is 0 Å². The van der Waals surface area contributed by atoms with Crippen LogP contribution in [0.25, 0.3) is 5.95 Å². The molecule has 0 bridgehead atoms. The third kappa shape index (κ3) is 6.60. The first-order valence-corrected chi connectivity index (χ1v) is 12.1. The Morgan fingerprint density at radius 1 is 1.27 bits per heavy atom. The minimum atomic E-state index is -0.833. The van der Waals surface area contributed by atoms with Crippen molar-refractivity contribution in [3.05, 3.63) is 87.9 Å². The zero-order valence-corrected chi connectivity index (χ0v) is 21.7. The molecule has 2 aromatic heterocycles. The number of ether oxygens (including phenoxy) is 3. The minimum Gasteiger partial charge on any atom is -0.490 e. The Morgan fingerprint density at radius 2 is 1.98 bits per heavy atom. The van der Waals surface area contributed by atoms with Crippen LogP contribution in [-0.4, -0.2) is 55.0 Å². The molecule has 0 amide bonds. The normalized spacial score (nSPS) is 12.7. The summed E-state index contributed by atoms with van der Waals surface area (Å²) in [6.07, 6.45) is 3.07. The lowest BCUT2D eigenvalue weighted by molar-refractivity contribution is -0.134. The van der Waals surface area contributed by atoms with E-state index in [4.69, 9.17) is 35.3 Å². The highest BCUT2D eigenvalue weighted by molar-refractivity contribution is 5.95. The van der Waals surface area contributed by atoms with Crippen molar-refractivity contribution in [2.75, 3.05) is 18.7 Å². The number of rotatable bonds is 8. The first-order valence-electron chi connectivity index (χ1n) is 12.1. The fourth-order valence-electron chi connectivity index (χ4n) is 3.87. The number of aromatic nitrogens is 5. The summed E-state index contributed by atoms with van der Waals surface area (Å²) in [5.74, 6) is 0.827. The molecule has 14 nitrogen and oxygen atoms in total. The van der Waals surface area contributed by atoms with Gasteiger partial charge in [0.15, 0.2) is 24.1 Å². The second-order valence-corrected chi connectivity index (χ2v) is 8.41. The Bertz CT molecular complexity index is 1530. The van der Waals surface area contributed by atoms with Crippen LogP contribution in [-0.2, 0) is 16.1 Å². The van der Waals surface area contributed by atoms with Gasteiger partial charge in [0.2, 0.25) is 0 Å². The molecule has 3 heterocycles. The van der Waals surface area contributed by atoms with Crippen LogP contribution in [0.5, 0.6) is 11.5 Å². The fourth-order valence-corrected chi connectivity index (χ4v) is 3.87. The Labute approximate surface area is 228 Å². The Balaban J connectivity index is 0.000000867. The summed E-state index contributed by atoms with van der Waals surface area (Å²) in [6.45, 7) is 3.92. The molecule has 0 unspecified atom stereocenters. The van der Waals surface area contributed by atoms with Crippen LogP contribution in [0.2, 0.25) is 0 Å². The smallest absolute Gasteiger partial charge is 0.350 e. The number of nitrogens with zero attached hydrogens (tertiary/aromatic N) is 4. The molecule has 0 radical (unpaired) electrons. The van der Waals surface area contributed by atoms with Gasteiger partial charge in [-0.15, -0.1) is 9.78 Å². The first kappa shape index (κ1) is 27.8. The number of carbonyl (C=O) groups is 1. The van der Waals surface area contributed by atoms with Crippen molar-refractivity contribution in [1.29, 1.82) is 5.41 Å². The van der Waals surface area contributed by atoms with Crippen LogP contribution in [0.15, 0.2) is 59.7 Å². The molecule has 40 heavy (non-hydrogen) atoms. The van der Waals surface area contributed by atoms with Crippen molar-refractivity contribution in [3.63, 3.8) is 0 Å². The quantitative estimate of drug-likeness (QED) is 0.159. The van der Waals surface area contributed by atoms with Gasteiger partial charge in [0.1, 0.15) is 11.9 Å². The van der Waals surface area contributed by atoms with Gasteiger partial charge in [0, 0.05) is 36.1 Å².